The number of aryl methyl sites for hydroxylation is 1. The molecular formula is C15H16N2O. The van der Waals surface area contributed by atoms with Crippen LogP contribution < -0.4 is 5.32 Å². The Morgan fingerprint density at radius 2 is 1.89 bits per heavy atom. The molecule has 0 bridgehead atoms. The van der Waals surface area contributed by atoms with Gasteiger partial charge in [-0.05, 0) is 44.7 Å². The molecule has 0 atom stereocenters. The highest BCUT2D eigenvalue weighted by molar-refractivity contribution is 6.04. The van der Waals surface area contributed by atoms with Crippen LogP contribution >= 0.6 is 0 Å². The first-order valence-corrected chi connectivity index (χ1v) is 6.21. The number of nitrogens with zero attached hydrogens (tertiary/aromatic N) is 1. The van der Waals surface area contributed by atoms with Crippen molar-refractivity contribution < 1.29 is 4.79 Å². The van der Waals surface area contributed by atoms with Gasteiger partial charge in [0.05, 0.1) is 6.07 Å². The van der Waals surface area contributed by atoms with Crippen LogP contribution in [0.3, 0.4) is 0 Å². The molecule has 0 spiro atoms. The number of carbonyl (C=O) groups is 1. The van der Waals surface area contributed by atoms with Gasteiger partial charge in [0.25, 0.3) is 5.91 Å². The van der Waals surface area contributed by atoms with E-state index in [1.807, 2.05) is 31.2 Å². The van der Waals surface area contributed by atoms with Gasteiger partial charge in [-0.25, -0.2) is 0 Å². The molecule has 1 aromatic rings. The Kier molecular flexibility index (Phi) is 3.78. The molecule has 3 nitrogen and oxygen atoms in total. The Balaban J connectivity index is 2.15. The number of allylic oxidation sites excluding steroid dienone is 1. The summed E-state index contributed by atoms with van der Waals surface area (Å²) >= 11 is 0. The normalized spacial score (nSPS) is 15.1. The zero-order chi connectivity index (χ0) is 13.0. The van der Waals surface area contributed by atoms with Gasteiger partial charge in [-0.1, -0.05) is 17.7 Å². The van der Waals surface area contributed by atoms with Gasteiger partial charge in [0.1, 0.15) is 0 Å². The highest BCUT2D eigenvalue weighted by Crippen LogP contribution is 2.25. The van der Waals surface area contributed by atoms with Gasteiger partial charge < -0.3 is 5.32 Å². The first kappa shape index (κ1) is 12.4. The lowest BCUT2D eigenvalue weighted by molar-refractivity contribution is -0.113. The Hall–Kier alpha value is -2.08. The molecule has 0 saturated carbocycles. The molecule has 0 aromatic heterocycles. The molecule has 0 fully saturated rings. The van der Waals surface area contributed by atoms with Crippen molar-refractivity contribution in [2.45, 2.75) is 32.6 Å². The van der Waals surface area contributed by atoms with E-state index < -0.39 is 0 Å². The summed E-state index contributed by atoms with van der Waals surface area (Å²) in [7, 11) is 0. The zero-order valence-electron chi connectivity index (χ0n) is 10.5. The minimum atomic E-state index is -0.130. The summed E-state index contributed by atoms with van der Waals surface area (Å²) in [5.74, 6) is -0.130. The molecule has 1 aromatic carbocycles. The summed E-state index contributed by atoms with van der Waals surface area (Å²) in [4.78, 5) is 12.1. The van der Waals surface area contributed by atoms with Crippen LogP contribution in [-0.4, -0.2) is 5.91 Å². The maximum absolute atomic E-state index is 12.1. The largest absolute Gasteiger partial charge is 0.322 e. The van der Waals surface area contributed by atoms with Crippen LogP contribution in [0.25, 0.3) is 0 Å². The van der Waals surface area contributed by atoms with Crippen LogP contribution in [0.5, 0.6) is 0 Å². The number of rotatable bonds is 2. The number of anilines is 1. The number of benzene rings is 1. The minimum Gasteiger partial charge on any atom is -0.322 e. The summed E-state index contributed by atoms with van der Waals surface area (Å²) in [6.45, 7) is 2.00. The number of amides is 1. The van der Waals surface area contributed by atoms with E-state index in [0.29, 0.717) is 17.6 Å². The second-order valence-corrected chi connectivity index (χ2v) is 4.60. The number of carbonyl (C=O) groups excluding carboxylic acids is 1. The van der Waals surface area contributed by atoms with Crippen molar-refractivity contribution in [1.29, 1.82) is 5.26 Å². The third kappa shape index (κ3) is 2.78. The minimum absolute atomic E-state index is 0.130. The Morgan fingerprint density at radius 3 is 2.56 bits per heavy atom. The standard InChI is InChI=1S/C15H16N2O/c1-11-6-8-13(9-7-11)17-15(18)14-5-3-2-4-12(14)10-16/h6-9H,2-5H2,1H3,(H,17,18). The van der Waals surface area contributed by atoms with Crippen molar-refractivity contribution >= 4 is 11.6 Å². The molecule has 0 aliphatic heterocycles. The van der Waals surface area contributed by atoms with Crippen molar-refractivity contribution in [3.05, 3.63) is 41.0 Å². The van der Waals surface area contributed by atoms with Crippen LogP contribution in [0, 0.1) is 18.3 Å². The van der Waals surface area contributed by atoms with Crippen molar-refractivity contribution in [2.75, 3.05) is 5.32 Å². The van der Waals surface area contributed by atoms with E-state index >= 15 is 0 Å². The van der Waals surface area contributed by atoms with E-state index in [1.165, 1.54) is 0 Å². The summed E-state index contributed by atoms with van der Waals surface area (Å²) < 4.78 is 0. The fourth-order valence-electron chi connectivity index (χ4n) is 2.12. The third-order valence-electron chi connectivity index (χ3n) is 3.19. The average Bonchev–Trinajstić information content (AvgIpc) is 2.41. The van der Waals surface area contributed by atoms with E-state index in [1.54, 1.807) is 0 Å². The maximum Gasteiger partial charge on any atom is 0.252 e. The average molecular weight is 240 g/mol. The molecule has 1 aliphatic rings. The van der Waals surface area contributed by atoms with Gasteiger partial charge in [0.2, 0.25) is 0 Å². The van der Waals surface area contributed by atoms with Crippen molar-refractivity contribution in [3.63, 3.8) is 0 Å². The molecule has 92 valence electrons. The monoisotopic (exact) mass is 240 g/mol. The fraction of sp³-hybridized carbons (Fsp3) is 0.333. The molecule has 1 N–H and O–H groups in total. The van der Waals surface area contributed by atoms with Gasteiger partial charge in [-0.15, -0.1) is 0 Å². The van der Waals surface area contributed by atoms with Crippen molar-refractivity contribution in [2.24, 2.45) is 0 Å². The van der Waals surface area contributed by atoms with Gasteiger partial charge in [-0.2, -0.15) is 5.26 Å². The van der Waals surface area contributed by atoms with Gasteiger partial charge in [-0.3, -0.25) is 4.79 Å². The second kappa shape index (κ2) is 5.50. The summed E-state index contributed by atoms with van der Waals surface area (Å²) in [6, 6.07) is 9.81. The SMILES string of the molecule is Cc1ccc(NC(=O)C2=C(C#N)CCCC2)cc1. The van der Waals surface area contributed by atoms with E-state index in [4.69, 9.17) is 5.26 Å². The summed E-state index contributed by atoms with van der Waals surface area (Å²) in [6.07, 6.45) is 3.43. The predicted molar refractivity (Wildman–Crippen MR) is 70.9 cm³/mol. The van der Waals surface area contributed by atoms with Crippen LogP contribution in [0.15, 0.2) is 35.4 Å². The molecule has 1 aliphatic carbocycles. The number of nitriles is 1. The van der Waals surface area contributed by atoms with Gasteiger partial charge in [0, 0.05) is 16.8 Å². The molecule has 0 heterocycles. The lowest BCUT2D eigenvalue weighted by Crippen LogP contribution is -2.18. The third-order valence-corrected chi connectivity index (χ3v) is 3.19. The highest BCUT2D eigenvalue weighted by atomic mass is 16.1. The van der Waals surface area contributed by atoms with Crippen molar-refractivity contribution in [3.8, 4) is 6.07 Å². The Labute approximate surface area is 107 Å². The Morgan fingerprint density at radius 1 is 1.22 bits per heavy atom. The number of hydrogen-bond donors (Lipinski definition) is 1. The van der Waals surface area contributed by atoms with Gasteiger partial charge in [0.15, 0.2) is 0 Å². The first-order valence-electron chi connectivity index (χ1n) is 6.21. The topological polar surface area (TPSA) is 52.9 Å². The lowest BCUT2D eigenvalue weighted by Gasteiger charge is -2.15. The zero-order valence-corrected chi connectivity index (χ0v) is 10.5. The van der Waals surface area contributed by atoms with E-state index in [0.717, 1.165) is 30.5 Å². The summed E-state index contributed by atoms with van der Waals surface area (Å²) in [5.41, 5.74) is 3.23. The first-order chi connectivity index (χ1) is 8.70. The number of hydrogen-bond acceptors (Lipinski definition) is 2. The molecule has 2 rings (SSSR count). The van der Waals surface area contributed by atoms with E-state index in [2.05, 4.69) is 11.4 Å². The summed E-state index contributed by atoms with van der Waals surface area (Å²) in [5, 5.41) is 11.9. The maximum atomic E-state index is 12.1. The molecule has 0 saturated heterocycles. The molecule has 3 heteroatoms. The van der Waals surface area contributed by atoms with Gasteiger partial charge >= 0.3 is 0 Å². The number of nitrogens with one attached hydrogen (secondary N) is 1. The van der Waals surface area contributed by atoms with E-state index in [9.17, 15) is 4.79 Å². The van der Waals surface area contributed by atoms with Crippen LogP contribution in [0.1, 0.15) is 31.2 Å². The highest BCUT2D eigenvalue weighted by Gasteiger charge is 2.18. The van der Waals surface area contributed by atoms with Crippen LogP contribution in [-0.2, 0) is 4.79 Å². The van der Waals surface area contributed by atoms with Crippen LogP contribution in [0.2, 0.25) is 0 Å². The predicted octanol–water partition coefficient (Wildman–Crippen LogP) is 3.33. The van der Waals surface area contributed by atoms with E-state index in [-0.39, 0.29) is 5.91 Å². The van der Waals surface area contributed by atoms with Crippen LogP contribution in [0.4, 0.5) is 5.69 Å². The molecule has 0 radical (unpaired) electrons. The lowest BCUT2D eigenvalue weighted by atomic mass is 9.92. The molecule has 18 heavy (non-hydrogen) atoms. The molecular weight excluding hydrogens is 224 g/mol. The smallest absolute Gasteiger partial charge is 0.252 e. The van der Waals surface area contributed by atoms with Crippen molar-refractivity contribution in [1.82, 2.24) is 0 Å². The second-order valence-electron chi connectivity index (χ2n) is 4.60. The molecule has 1 amide bonds. The fourth-order valence-corrected chi connectivity index (χ4v) is 2.12. The quantitative estimate of drug-likeness (QED) is 0.862. The molecule has 0 unspecified atom stereocenters. The Bertz CT molecular complexity index is 520.